The first-order valence-corrected chi connectivity index (χ1v) is 1.90. The van der Waals surface area contributed by atoms with Crippen LogP contribution in [-0.4, -0.2) is 4.66 Å². The molecule has 1 N–H and O–H groups in total. The van der Waals surface area contributed by atoms with Crippen LogP contribution in [0.2, 0.25) is 0 Å². The number of hydrogen-bond donors (Lipinski definition) is 1. The summed E-state index contributed by atoms with van der Waals surface area (Å²) < 4.78 is 32.7. The van der Waals surface area contributed by atoms with Gasteiger partial charge in [-0.15, -0.1) is 0 Å². The molecule has 0 aromatic rings. The molecule has 0 aliphatic rings. The van der Waals surface area contributed by atoms with Crippen LogP contribution in [-0.2, 0) is 25.8 Å². The van der Waals surface area contributed by atoms with Crippen molar-refractivity contribution in [2.45, 2.75) is 0 Å². The second-order valence-corrected chi connectivity index (χ2v) is 1.19. The third-order valence-corrected chi connectivity index (χ3v) is 0. The Hall–Kier alpha value is 1.00. The summed E-state index contributed by atoms with van der Waals surface area (Å²) >= 11 is 0. The summed E-state index contributed by atoms with van der Waals surface area (Å²) in [4.78, 5) is 0. The van der Waals surface area contributed by atoms with Crippen molar-refractivity contribution in [3.8, 4) is 0 Å². The zero-order chi connectivity index (χ0) is 4.50. The quantitative estimate of drug-likeness (QED) is 0.375. The molecule has 4 nitrogen and oxygen atoms in total. The zero-order valence-corrected chi connectivity index (χ0v) is 5.19. The van der Waals surface area contributed by atoms with E-state index >= 15 is 0 Å². The Bertz CT molecular complexity index is 23.0. The summed E-state index contributed by atoms with van der Waals surface area (Å²) in [5.41, 5.74) is 0. The molecule has 0 heterocycles. The van der Waals surface area contributed by atoms with Gasteiger partial charge in [-0.2, -0.15) is 14.0 Å². The van der Waals surface area contributed by atoms with Crippen molar-refractivity contribution in [3.63, 3.8) is 0 Å². The maximum absolute atomic E-state index is 8.60. The molecule has 0 unspecified atom stereocenters. The van der Waals surface area contributed by atoms with Crippen LogP contribution in [0.4, 0.5) is 0 Å². The van der Waals surface area contributed by atoms with E-state index in [1.807, 2.05) is 0 Å². The molecule has 0 saturated carbocycles. The average Bonchev–Trinajstić information content (AvgIpc) is 0.722. The summed E-state index contributed by atoms with van der Waals surface area (Å²) in [5, 5.41) is 0. The zero-order valence-electron chi connectivity index (χ0n) is 2.63. The number of halogens is 1. The smallest absolute Gasteiger partial charge is 0.0777 e. The van der Waals surface area contributed by atoms with Gasteiger partial charge in [-0.25, -0.2) is 0 Å². The third-order valence-electron chi connectivity index (χ3n) is 0. The largest absolute Gasteiger partial charge is 0.183 e. The van der Waals surface area contributed by atoms with Gasteiger partial charge in [-0.1, -0.05) is 0 Å². The van der Waals surface area contributed by atoms with E-state index in [0.717, 1.165) is 0 Å². The van der Waals surface area contributed by atoms with Crippen LogP contribution in [0.15, 0.2) is 0 Å². The van der Waals surface area contributed by atoms with Gasteiger partial charge in [-0.3, -0.25) is 0 Å². The van der Waals surface area contributed by atoms with E-state index in [1.165, 1.54) is 0 Å². The van der Waals surface area contributed by atoms with Crippen LogP contribution in [0.1, 0.15) is 0 Å². The van der Waals surface area contributed by atoms with Gasteiger partial charge in [-0.05, 0) is 0 Å². The van der Waals surface area contributed by atoms with Crippen LogP contribution in [0, 0.1) is 10.2 Å². The Morgan fingerprint density at radius 1 is 1.17 bits per heavy atom. The van der Waals surface area contributed by atoms with Crippen molar-refractivity contribution in [1.82, 2.24) is 0 Å². The molecule has 0 spiro atoms. The summed E-state index contributed by atoms with van der Waals surface area (Å²) in [7, 11) is -4.69. The minimum Gasteiger partial charge on any atom is -0.183 e. The average molecular weight is 145 g/mol. The predicted octanol–water partition coefficient (Wildman–Crippen LogP) is -4.13. The van der Waals surface area contributed by atoms with Crippen molar-refractivity contribution in [2.24, 2.45) is 0 Å². The number of hydrogen-bond acceptors (Lipinski definition) is 4. The minimum absolute atomic E-state index is 0. The van der Waals surface area contributed by atoms with Gasteiger partial charge >= 0.3 is 0 Å². The predicted molar refractivity (Wildman–Crippen MR) is 2.22 cm³/mol. The van der Waals surface area contributed by atoms with Crippen LogP contribution >= 0.6 is 0 Å². The van der Waals surface area contributed by atoms with Gasteiger partial charge in [0, 0.05) is 25.8 Å². The Morgan fingerprint density at radius 2 is 1.17 bits per heavy atom. The van der Waals surface area contributed by atoms with E-state index < -0.39 is 10.2 Å². The molecule has 0 fully saturated rings. The Morgan fingerprint density at radius 3 is 1.17 bits per heavy atom. The molecular formula is HClO4Sc. The molecule has 6 heavy (non-hydrogen) atoms. The van der Waals surface area contributed by atoms with Crippen LogP contribution in [0.25, 0.3) is 0 Å². The first-order valence-electron chi connectivity index (χ1n) is 0.632. The molecule has 0 amide bonds. The van der Waals surface area contributed by atoms with E-state index in [9.17, 15) is 0 Å². The van der Waals surface area contributed by atoms with Crippen molar-refractivity contribution in [2.75, 3.05) is 0 Å². The maximum atomic E-state index is 8.60. The standard InChI is InChI=1S/ClHO4.Sc/c2-1(3,4)5;/h(H,2,3,4,5);. The molecule has 0 rings (SSSR count). The second kappa shape index (κ2) is 3.06. The summed E-state index contributed by atoms with van der Waals surface area (Å²) in [6, 6.07) is 0. The molecule has 35 valence electrons. The molecule has 0 aliphatic heterocycles. The van der Waals surface area contributed by atoms with E-state index in [1.54, 1.807) is 0 Å². The van der Waals surface area contributed by atoms with Crippen molar-refractivity contribution < 1.29 is 54.7 Å². The fourth-order valence-electron chi connectivity index (χ4n) is 0. The summed E-state index contributed by atoms with van der Waals surface area (Å²) in [6.45, 7) is 0. The fourth-order valence-corrected chi connectivity index (χ4v) is 0. The monoisotopic (exact) mass is 145 g/mol. The Kier molecular flexibility index (Phi) is 5.14. The topological polar surface area (TPSA) is 89.4 Å². The first kappa shape index (κ1) is 10.1. The molecule has 0 aliphatic carbocycles. The summed E-state index contributed by atoms with van der Waals surface area (Å²) in [6.07, 6.45) is 0. The van der Waals surface area contributed by atoms with E-state index in [-0.39, 0.29) is 25.8 Å². The minimum atomic E-state index is -4.69. The van der Waals surface area contributed by atoms with Gasteiger partial charge in [0.25, 0.3) is 0 Å². The molecule has 6 heteroatoms. The van der Waals surface area contributed by atoms with Crippen molar-refractivity contribution in [1.29, 1.82) is 0 Å². The van der Waals surface area contributed by atoms with E-state index in [0.29, 0.717) is 0 Å². The van der Waals surface area contributed by atoms with Gasteiger partial charge in [0.1, 0.15) is 0 Å². The maximum Gasteiger partial charge on any atom is 0.0777 e. The molecule has 0 atom stereocenters. The second-order valence-electron chi connectivity index (χ2n) is 0.396. The van der Waals surface area contributed by atoms with E-state index in [2.05, 4.69) is 0 Å². The third kappa shape index (κ3) is 80.0. The Balaban J connectivity index is 0. The van der Waals surface area contributed by atoms with E-state index in [4.69, 9.17) is 18.6 Å². The molecule has 0 saturated heterocycles. The summed E-state index contributed by atoms with van der Waals surface area (Å²) in [5.74, 6) is 0. The normalized spacial score (nSPS) is 10.0. The van der Waals surface area contributed by atoms with Gasteiger partial charge in [0.05, 0.1) is 14.9 Å². The fraction of sp³-hybridized carbons (Fsp3) is 0. The van der Waals surface area contributed by atoms with Gasteiger partial charge in [0.15, 0.2) is 0 Å². The Labute approximate surface area is 54.9 Å². The molecular weight excluding hydrogens is 144 g/mol. The van der Waals surface area contributed by atoms with Crippen molar-refractivity contribution >= 4 is 0 Å². The van der Waals surface area contributed by atoms with Crippen LogP contribution < -0.4 is 14.0 Å². The van der Waals surface area contributed by atoms with Crippen LogP contribution in [0.3, 0.4) is 0 Å². The molecule has 0 aromatic heterocycles. The van der Waals surface area contributed by atoms with Crippen LogP contribution in [0.5, 0.6) is 0 Å². The number of rotatable bonds is 0. The molecule has 1 radical (unpaired) electrons. The van der Waals surface area contributed by atoms with Crippen molar-refractivity contribution in [3.05, 3.63) is 0 Å². The van der Waals surface area contributed by atoms with Gasteiger partial charge in [0.2, 0.25) is 0 Å². The molecule has 0 aromatic carbocycles. The SMILES string of the molecule is [O-][Cl+3]([O-])([O-])O.[Sc]. The molecule has 0 bridgehead atoms. The first-order chi connectivity index (χ1) is 2.00. The van der Waals surface area contributed by atoms with Gasteiger partial charge < -0.3 is 0 Å².